The number of rotatable bonds is 7. The Hall–Kier alpha value is -2.12. The fourth-order valence-electron chi connectivity index (χ4n) is 3.83. The van der Waals surface area contributed by atoms with Crippen LogP contribution in [0.15, 0.2) is 158 Å². The van der Waals surface area contributed by atoms with E-state index in [0.717, 1.165) is 0 Å². The van der Waals surface area contributed by atoms with Crippen molar-refractivity contribution in [2.24, 2.45) is 0 Å². The monoisotopic (exact) mass is 758 g/mol. The maximum atomic E-state index is 9.87. The molecule has 0 radical (unpaired) electrons. The van der Waals surface area contributed by atoms with Crippen molar-refractivity contribution in [3.05, 3.63) is 158 Å². The summed E-state index contributed by atoms with van der Waals surface area (Å²) in [5, 5.41) is 5.89. The molecule has 0 heterocycles. The van der Waals surface area contributed by atoms with Crippen molar-refractivity contribution in [1.82, 2.24) is 0 Å². The average Bonchev–Trinajstić information content (AvgIpc) is 3.02. The molecule has 43 heavy (non-hydrogen) atoms. The van der Waals surface area contributed by atoms with Crippen LogP contribution in [0.5, 0.6) is 0 Å². The molecular formula is C32H30ClF6P3Ru. The molecule has 5 rings (SSSR count). The van der Waals surface area contributed by atoms with E-state index in [9.17, 15) is 25.2 Å². The normalized spacial score (nSPS) is 12.2. The van der Waals surface area contributed by atoms with E-state index in [1.807, 2.05) is 53.7 Å². The molecule has 0 N–H and O–H groups in total. The molecule has 5 aromatic carbocycles. The van der Waals surface area contributed by atoms with Crippen LogP contribution in [0.3, 0.4) is 0 Å². The van der Waals surface area contributed by atoms with Crippen molar-refractivity contribution in [3.63, 3.8) is 0 Å². The topological polar surface area (TPSA) is 0 Å². The summed E-state index contributed by atoms with van der Waals surface area (Å²) in [7, 11) is -6.78. The molecule has 11 heteroatoms. The van der Waals surface area contributed by atoms with Gasteiger partial charge in [0.1, 0.15) is 0 Å². The minimum atomic E-state index is -10.7. The van der Waals surface area contributed by atoms with Crippen molar-refractivity contribution in [3.8, 4) is 0 Å². The van der Waals surface area contributed by atoms with Crippen LogP contribution >= 0.6 is 33.3 Å². The summed E-state index contributed by atoms with van der Waals surface area (Å²) in [6.45, 7) is 0. The quantitative estimate of drug-likeness (QED) is 0.0881. The maximum Gasteiger partial charge on any atom is -0.0195 e. The van der Waals surface area contributed by atoms with Crippen LogP contribution in [0.1, 0.15) is 0 Å². The van der Waals surface area contributed by atoms with E-state index in [1.165, 1.54) is 33.5 Å². The zero-order chi connectivity index (χ0) is 31.7. The molecular weight excluding hydrogens is 728 g/mol. The molecule has 0 aliphatic heterocycles. The third-order valence-corrected chi connectivity index (χ3v) is 10.9. The van der Waals surface area contributed by atoms with Crippen LogP contribution in [-0.2, 0) is 17.3 Å². The maximum absolute atomic E-state index is 10.7. The van der Waals surface area contributed by atoms with Crippen molar-refractivity contribution in [1.29, 1.82) is 0 Å². The van der Waals surface area contributed by atoms with Gasteiger partial charge in [0.2, 0.25) is 0 Å². The van der Waals surface area contributed by atoms with Crippen LogP contribution in [0, 0.1) is 0 Å². The van der Waals surface area contributed by atoms with Crippen LogP contribution in [0.2, 0.25) is 0 Å². The van der Waals surface area contributed by atoms with Gasteiger partial charge in [-0.15, -0.1) is 0 Å². The summed E-state index contributed by atoms with van der Waals surface area (Å²) in [5.41, 5.74) is 0. The molecule has 0 saturated carbocycles. The van der Waals surface area contributed by atoms with Gasteiger partial charge in [-0.3, -0.25) is 0 Å². The van der Waals surface area contributed by atoms with Gasteiger partial charge in [0, 0.05) is 0 Å². The SMILES string of the molecule is F[P-](F)(F)(F)(F)F.[Cl][Ru+].c1ccc(P(CCP(c2ccccc2)c2ccccc2)c2ccccc2)cc1.c1ccccc1. The fourth-order valence-corrected chi connectivity index (χ4v) is 9.19. The van der Waals surface area contributed by atoms with Gasteiger partial charge >= 0.3 is 60.0 Å². The van der Waals surface area contributed by atoms with E-state index >= 15 is 0 Å². The summed E-state index contributed by atoms with van der Waals surface area (Å²) in [5.74, 6) is 0. The second kappa shape index (κ2) is 17.4. The smallest absolute Gasteiger partial charge is 0.0195 e. The van der Waals surface area contributed by atoms with Gasteiger partial charge in [0.05, 0.1) is 0 Å². The molecule has 5 aromatic rings. The first-order chi connectivity index (χ1) is 20.4. The Kier molecular flexibility index (Phi) is 15.0. The standard InChI is InChI=1S/C26H24P2.C6H6.ClH.F6P.Ru/c1-5-13-23(14-6-1)27(24-15-7-2-8-16-24)21-22-28(25-17-9-3-10-18-25)26-19-11-4-12-20-26;1-2-4-6-5-3-1;;1-7(2,3,4,5)6;/h1-20H,21-22H2;1-6H;1H;;/q;;;-1;+2/p-1. The largest absolute Gasteiger partial charge is 0.0623 e. The average molecular weight is 758 g/mol. The summed E-state index contributed by atoms with van der Waals surface area (Å²) in [6.07, 6.45) is 2.41. The van der Waals surface area contributed by atoms with E-state index in [2.05, 4.69) is 131 Å². The minimum Gasteiger partial charge on any atom is -0.0623 e. The van der Waals surface area contributed by atoms with Crippen molar-refractivity contribution in [2.45, 2.75) is 0 Å². The molecule has 0 saturated heterocycles. The molecule has 0 unspecified atom stereocenters. The van der Waals surface area contributed by atoms with Crippen LogP contribution < -0.4 is 21.2 Å². The number of hydrogen-bond acceptors (Lipinski definition) is 0. The first kappa shape index (κ1) is 37.1. The number of halogens is 7. The molecule has 0 spiro atoms. The Bertz CT molecular complexity index is 1220. The van der Waals surface area contributed by atoms with Gasteiger partial charge in [0.25, 0.3) is 0 Å². The number of benzene rings is 5. The Morgan fingerprint density at radius 3 is 0.674 bits per heavy atom. The summed E-state index contributed by atoms with van der Waals surface area (Å²) >= 11 is 1.82. The summed E-state index contributed by atoms with van der Waals surface area (Å²) in [4.78, 5) is 0. The van der Waals surface area contributed by atoms with Gasteiger partial charge < -0.3 is 0 Å². The van der Waals surface area contributed by atoms with Gasteiger partial charge in [-0.2, -0.15) is 0 Å². The van der Waals surface area contributed by atoms with Crippen LogP contribution in [-0.4, -0.2) is 12.3 Å². The summed E-state index contributed by atoms with van der Waals surface area (Å²) in [6, 6.07) is 56.2. The Balaban J connectivity index is 0.000000355. The van der Waals surface area contributed by atoms with Gasteiger partial charge in [-0.25, -0.2) is 0 Å². The summed E-state index contributed by atoms with van der Waals surface area (Å²) < 4.78 is 59.2. The van der Waals surface area contributed by atoms with E-state index in [1.54, 1.807) is 0 Å². The Morgan fingerprint density at radius 1 is 0.372 bits per heavy atom. The molecule has 0 amide bonds. The van der Waals surface area contributed by atoms with Crippen LogP contribution in [0.25, 0.3) is 0 Å². The Labute approximate surface area is 266 Å². The Morgan fingerprint density at radius 2 is 0.512 bits per heavy atom. The second-order valence-electron chi connectivity index (χ2n) is 8.76. The number of hydrogen-bond donors (Lipinski definition) is 0. The molecule has 0 nitrogen and oxygen atoms in total. The van der Waals surface area contributed by atoms with E-state index in [4.69, 9.17) is 0 Å². The van der Waals surface area contributed by atoms with Crippen molar-refractivity contribution in [2.75, 3.05) is 12.3 Å². The molecule has 230 valence electrons. The second-order valence-corrected chi connectivity index (χ2v) is 15.3. The van der Waals surface area contributed by atoms with E-state index < -0.39 is 7.81 Å². The zero-order valence-corrected chi connectivity index (χ0v) is 27.9. The first-order valence-electron chi connectivity index (χ1n) is 12.8. The molecule has 0 fully saturated rings. The predicted octanol–water partition coefficient (Wildman–Crippen LogP) is 11.0. The van der Waals surface area contributed by atoms with Crippen LogP contribution in [0.4, 0.5) is 25.2 Å². The van der Waals surface area contributed by atoms with E-state index in [-0.39, 0.29) is 15.8 Å². The minimum absolute atomic E-state index is 0.348. The molecule has 0 aliphatic carbocycles. The molecule has 0 aliphatic rings. The van der Waals surface area contributed by atoms with Crippen molar-refractivity contribution >= 4 is 54.6 Å². The molecule has 0 bridgehead atoms. The van der Waals surface area contributed by atoms with E-state index in [0.29, 0.717) is 0 Å². The molecule has 0 aromatic heterocycles. The first-order valence-corrected chi connectivity index (χ1v) is 20.1. The third kappa shape index (κ3) is 17.7. The predicted molar refractivity (Wildman–Crippen MR) is 174 cm³/mol. The molecule has 0 atom stereocenters. The zero-order valence-electron chi connectivity index (χ0n) is 22.8. The van der Waals surface area contributed by atoms with Gasteiger partial charge in [-0.1, -0.05) is 158 Å². The van der Waals surface area contributed by atoms with Gasteiger partial charge in [-0.05, 0) is 49.4 Å². The van der Waals surface area contributed by atoms with Gasteiger partial charge in [0.15, 0.2) is 0 Å². The third-order valence-electron chi connectivity index (χ3n) is 5.49. The van der Waals surface area contributed by atoms with Crippen molar-refractivity contribution < 1.29 is 42.5 Å². The fraction of sp³-hybridized carbons (Fsp3) is 0.0625.